The number of nitrogens with one attached hydrogen (secondary N) is 1. The van der Waals surface area contributed by atoms with Crippen LogP contribution in [0.25, 0.3) is 0 Å². The molecule has 2 atom stereocenters. The van der Waals surface area contributed by atoms with E-state index in [0.717, 1.165) is 24.9 Å². The topological polar surface area (TPSA) is 15.3 Å². The Morgan fingerprint density at radius 3 is 2.12 bits per heavy atom. The van der Waals surface area contributed by atoms with E-state index >= 15 is 0 Å². The van der Waals surface area contributed by atoms with E-state index in [2.05, 4.69) is 44.8 Å². The van der Waals surface area contributed by atoms with Gasteiger partial charge in [-0.05, 0) is 23.7 Å². The van der Waals surface area contributed by atoms with E-state index < -0.39 is 0 Å². The molecule has 0 spiro atoms. The molecular weight excluding hydrogens is 232 g/mol. The average molecular weight is 263 g/mol. The first kappa shape index (κ1) is 17.2. The van der Waals surface area contributed by atoms with Crippen LogP contribution < -0.4 is 5.32 Å². The summed E-state index contributed by atoms with van der Waals surface area (Å²) in [5.41, 5.74) is 0.405. The number of nitrogens with zero attached hydrogens (tertiary/aromatic N) is 1. The van der Waals surface area contributed by atoms with Crippen LogP contribution in [0.4, 0.5) is 0 Å². The fourth-order valence-corrected chi connectivity index (χ4v) is 2.68. The third-order valence-corrected chi connectivity index (χ3v) is 3.20. The van der Waals surface area contributed by atoms with E-state index in [0.29, 0.717) is 5.41 Å². The van der Waals surface area contributed by atoms with E-state index in [9.17, 15) is 0 Å². The van der Waals surface area contributed by atoms with Crippen LogP contribution in [0.2, 0.25) is 0 Å². The van der Waals surface area contributed by atoms with Crippen LogP contribution in [-0.2, 0) is 0 Å². The highest BCUT2D eigenvalue weighted by Gasteiger charge is 2.21. The van der Waals surface area contributed by atoms with Gasteiger partial charge in [0.2, 0.25) is 0 Å². The Hall–Kier alpha value is 0.210. The molecule has 104 valence electrons. The Kier molecular flexibility index (Phi) is 7.70. The molecule has 0 bridgehead atoms. The van der Waals surface area contributed by atoms with Crippen LogP contribution in [0.15, 0.2) is 0 Å². The highest BCUT2D eigenvalue weighted by Crippen LogP contribution is 2.20. The summed E-state index contributed by atoms with van der Waals surface area (Å²) in [6, 6.07) is 0. The Morgan fingerprint density at radius 1 is 1.12 bits per heavy atom. The maximum absolute atomic E-state index is 3.56. The molecule has 17 heavy (non-hydrogen) atoms. The zero-order chi connectivity index (χ0) is 12.2. The summed E-state index contributed by atoms with van der Waals surface area (Å²) < 4.78 is 0. The van der Waals surface area contributed by atoms with Gasteiger partial charge in [-0.1, -0.05) is 34.6 Å². The minimum absolute atomic E-state index is 0. The Labute approximate surface area is 114 Å². The van der Waals surface area contributed by atoms with Gasteiger partial charge in [0.15, 0.2) is 0 Å². The zero-order valence-corrected chi connectivity index (χ0v) is 13.1. The second kappa shape index (κ2) is 7.60. The van der Waals surface area contributed by atoms with Gasteiger partial charge in [0.25, 0.3) is 0 Å². The fourth-order valence-electron chi connectivity index (χ4n) is 2.68. The van der Waals surface area contributed by atoms with Crippen LogP contribution in [0.3, 0.4) is 0 Å². The lowest BCUT2D eigenvalue weighted by Crippen LogP contribution is -2.42. The standard InChI is InChI=1S/C14H30N2.ClH/c1-12-8-13(2)10-16(9-12)7-6-15-11-14(3,4)5;/h12-13,15H,6-11H2,1-5H3;1H. The number of halogens is 1. The van der Waals surface area contributed by atoms with Gasteiger partial charge in [0.1, 0.15) is 0 Å². The van der Waals surface area contributed by atoms with E-state index in [-0.39, 0.29) is 12.4 Å². The predicted molar refractivity (Wildman–Crippen MR) is 79.0 cm³/mol. The van der Waals surface area contributed by atoms with Crippen LogP contribution in [0, 0.1) is 17.3 Å². The highest BCUT2D eigenvalue weighted by molar-refractivity contribution is 5.85. The molecule has 0 aromatic carbocycles. The molecule has 2 nitrogen and oxygen atoms in total. The van der Waals surface area contributed by atoms with Gasteiger partial charge < -0.3 is 10.2 Å². The molecule has 2 unspecified atom stereocenters. The van der Waals surface area contributed by atoms with E-state index in [1.807, 2.05) is 0 Å². The molecule has 3 heteroatoms. The van der Waals surface area contributed by atoms with Crippen LogP contribution >= 0.6 is 12.4 Å². The molecule has 0 aliphatic carbocycles. The quantitative estimate of drug-likeness (QED) is 0.784. The summed E-state index contributed by atoms with van der Waals surface area (Å²) in [6.07, 6.45) is 1.41. The first-order valence-electron chi connectivity index (χ1n) is 6.80. The fraction of sp³-hybridized carbons (Fsp3) is 1.00. The molecule has 1 heterocycles. The summed E-state index contributed by atoms with van der Waals surface area (Å²) in [5, 5.41) is 3.56. The zero-order valence-electron chi connectivity index (χ0n) is 12.3. The summed E-state index contributed by atoms with van der Waals surface area (Å²) >= 11 is 0. The van der Waals surface area contributed by atoms with Crippen molar-refractivity contribution in [1.29, 1.82) is 0 Å². The average Bonchev–Trinajstić information content (AvgIpc) is 2.09. The van der Waals surface area contributed by atoms with Crippen molar-refractivity contribution in [2.24, 2.45) is 17.3 Å². The Bertz CT molecular complexity index is 191. The van der Waals surface area contributed by atoms with Crippen molar-refractivity contribution in [2.45, 2.75) is 41.0 Å². The number of hydrogen-bond acceptors (Lipinski definition) is 2. The second-order valence-corrected chi connectivity index (χ2v) is 6.94. The molecule has 1 rings (SSSR count). The number of rotatable bonds is 4. The number of piperidine rings is 1. The monoisotopic (exact) mass is 262 g/mol. The van der Waals surface area contributed by atoms with Crippen LogP contribution in [-0.4, -0.2) is 37.6 Å². The number of hydrogen-bond donors (Lipinski definition) is 1. The third kappa shape index (κ3) is 8.01. The summed E-state index contributed by atoms with van der Waals surface area (Å²) in [6.45, 7) is 17.7. The van der Waals surface area contributed by atoms with Gasteiger partial charge >= 0.3 is 0 Å². The van der Waals surface area contributed by atoms with Crippen molar-refractivity contribution < 1.29 is 0 Å². The van der Waals surface area contributed by atoms with Crippen LogP contribution in [0.5, 0.6) is 0 Å². The van der Waals surface area contributed by atoms with Gasteiger partial charge in [-0.25, -0.2) is 0 Å². The van der Waals surface area contributed by atoms with Gasteiger partial charge in [0, 0.05) is 32.7 Å². The van der Waals surface area contributed by atoms with Crippen LogP contribution in [0.1, 0.15) is 41.0 Å². The van der Waals surface area contributed by atoms with Crippen molar-refractivity contribution in [3.05, 3.63) is 0 Å². The first-order chi connectivity index (χ1) is 7.37. The molecule has 0 saturated carbocycles. The Balaban J connectivity index is 0.00000256. The maximum atomic E-state index is 3.56. The maximum Gasteiger partial charge on any atom is 0.0107 e. The van der Waals surface area contributed by atoms with Crippen molar-refractivity contribution in [2.75, 3.05) is 32.7 Å². The molecule has 1 N–H and O–H groups in total. The van der Waals surface area contributed by atoms with E-state index in [4.69, 9.17) is 0 Å². The molecule has 0 amide bonds. The van der Waals surface area contributed by atoms with Crippen molar-refractivity contribution in [3.8, 4) is 0 Å². The normalized spacial score (nSPS) is 26.6. The first-order valence-corrected chi connectivity index (χ1v) is 6.80. The molecular formula is C14H31ClN2. The van der Waals surface area contributed by atoms with Crippen molar-refractivity contribution in [1.82, 2.24) is 10.2 Å². The van der Waals surface area contributed by atoms with E-state index in [1.165, 1.54) is 26.1 Å². The predicted octanol–water partition coefficient (Wildman–Crippen LogP) is 3.02. The molecule has 1 saturated heterocycles. The minimum atomic E-state index is 0. The van der Waals surface area contributed by atoms with Gasteiger partial charge in [-0.3, -0.25) is 0 Å². The molecule has 1 aliphatic heterocycles. The lowest BCUT2D eigenvalue weighted by atomic mass is 9.92. The summed E-state index contributed by atoms with van der Waals surface area (Å²) in [4.78, 5) is 2.62. The largest absolute Gasteiger partial charge is 0.315 e. The van der Waals surface area contributed by atoms with Crippen molar-refractivity contribution in [3.63, 3.8) is 0 Å². The molecule has 0 aromatic heterocycles. The second-order valence-electron chi connectivity index (χ2n) is 6.94. The Morgan fingerprint density at radius 2 is 1.65 bits per heavy atom. The number of likely N-dealkylation sites (tertiary alicyclic amines) is 1. The molecule has 0 aromatic rings. The summed E-state index contributed by atoms with van der Waals surface area (Å²) in [7, 11) is 0. The minimum Gasteiger partial charge on any atom is -0.315 e. The smallest absolute Gasteiger partial charge is 0.0107 e. The third-order valence-electron chi connectivity index (χ3n) is 3.20. The highest BCUT2D eigenvalue weighted by atomic mass is 35.5. The molecule has 1 aliphatic rings. The lowest BCUT2D eigenvalue weighted by Gasteiger charge is -2.35. The van der Waals surface area contributed by atoms with Crippen molar-refractivity contribution >= 4 is 12.4 Å². The molecule has 0 radical (unpaired) electrons. The van der Waals surface area contributed by atoms with Gasteiger partial charge in [-0.15, -0.1) is 12.4 Å². The SMILES string of the molecule is CC1CC(C)CN(CCNCC(C)(C)C)C1.Cl. The van der Waals surface area contributed by atoms with Gasteiger partial charge in [0.05, 0.1) is 0 Å². The van der Waals surface area contributed by atoms with Gasteiger partial charge in [-0.2, -0.15) is 0 Å². The van der Waals surface area contributed by atoms with E-state index in [1.54, 1.807) is 0 Å². The molecule has 1 fully saturated rings. The lowest BCUT2D eigenvalue weighted by molar-refractivity contribution is 0.141. The summed E-state index contributed by atoms with van der Waals surface area (Å²) in [5.74, 6) is 1.76.